The Morgan fingerprint density at radius 1 is 0.393 bits per heavy atom. The van der Waals surface area contributed by atoms with Crippen LogP contribution < -0.4 is 5.32 Å². The zero-order chi connectivity index (χ0) is 21.0. The van der Waals surface area contributed by atoms with Gasteiger partial charge >= 0.3 is 0 Å². The van der Waals surface area contributed by atoms with Crippen molar-refractivity contribution in [1.29, 1.82) is 0 Å². The summed E-state index contributed by atoms with van der Waals surface area (Å²) in [7, 11) is 0. The van der Waals surface area contributed by atoms with Gasteiger partial charge in [-0.25, -0.2) is 0 Å². The molecule has 0 saturated carbocycles. The second-order valence-corrected chi connectivity index (χ2v) is 8.43. The molecule has 0 aromatic heterocycles. The fourth-order valence-corrected chi connectivity index (χ4v) is 3.60. The third-order valence-corrected chi connectivity index (χ3v) is 5.41. The largest absolute Gasteiger partial charge is 0.397 e. The van der Waals surface area contributed by atoms with Crippen LogP contribution in [-0.2, 0) is 0 Å². The molecule has 0 heterocycles. The van der Waals surface area contributed by atoms with Gasteiger partial charge in [0.25, 0.3) is 0 Å². The fraction of sp³-hybridized carbons (Fsp3) is 1.00. The van der Waals surface area contributed by atoms with Crippen molar-refractivity contribution in [2.75, 3.05) is 19.7 Å². The molecule has 28 heavy (non-hydrogen) atoms. The van der Waals surface area contributed by atoms with E-state index in [0.29, 0.717) is 0 Å². The third-order valence-electron chi connectivity index (χ3n) is 5.41. The number of rotatable bonds is 22. The van der Waals surface area contributed by atoms with E-state index in [1.54, 1.807) is 6.92 Å². The highest BCUT2D eigenvalue weighted by atomic mass is 16.2. The van der Waals surface area contributed by atoms with Crippen LogP contribution in [0.1, 0.15) is 149 Å². The molecular formula is C26H57NO. The summed E-state index contributed by atoms with van der Waals surface area (Å²) in [5.74, 6) is 0. The number of unbranched alkanes of at least 4 members (excludes halogenated alkanes) is 18. The number of aliphatic hydroxyl groups is 1. The molecule has 0 aliphatic carbocycles. The van der Waals surface area contributed by atoms with E-state index in [1.807, 2.05) is 0 Å². The molecule has 0 bridgehead atoms. The maximum atomic E-state index is 7.57. The summed E-state index contributed by atoms with van der Waals surface area (Å²) in [4.78, 5) is 0. The lowest BCUT2D eigenvalue weighted by atomic mass is 10.1. The Kier molecular flexibility index (Phi) is 34.0. The average molecular weight is 400 g/mol. The number of aliphatic hydroxyl groups excluding tert-OH is 1. The Morgan fingerprint density at radius 3 is 0.857 bits per heavy atom. The van der Waals surface area contributed by atoms with Crippen LogP contribution in [-0.4, -0.2) is 24.8 Å². The first kappa shape index (κ1) is 30.1. The van der Waals surface area contributed by atoms with Crippen molar-refractivity contribution in [3.8, 4) is 0 Å². The smallest absolute Gasteiger partial charge is 0.0402 e. The first-order valence-electron chi connectivity index (χ1n) is 13.1. The van der Waals surface area contributed by atoms with E-state index in [0.717, 1.165) is 0 Å². The maximum Gasteiger partial charge on any atom is 0.0402 e. The van der Waals surface area contributed by atoms with Gasteiger partial charge in [-0.2, -0.15) is 0 Å². The lowest BCUT2D eigenvalue weighted by Gasteiger charge is -2.05. The molecule has 0 aliphatic heterocycles. The SMILES string of the molecule is CCCCCCCCCCCCNCCCCCCCCCCCC.CCO. The van der Waals surface area contributed by atoms with Gasteiger partial charge in [-0.3, -0.25) is 0 Å². The van der Waals surface area contributed by atoms with E-state index in [1.165, 1.54) is 142 Å². The van der Waals surface area contributed by atoms with Crippen molar-refractivity contribution in [1.82, 2.24) is 5.32 Å². The second kappa shape index (κ2) is 31.6. The van der Waals surface area contributed by atoms with Gasteiger partial charge in [0.05, 0.1) is 0 Å². The zero-order valence-electron chi connectivity index (χ0n) is 20.2. The molecule has 0 spiro atoms. The summed E-state index contributed by atoms with van der Waals surface area (Å²) in [5, 5.41) is 11.2. The Morgan fingerprint density at radius 2 is 0.607 bits per heavy atom. The molecule has 0 aromatic carbocycles. The molecular weight excluding hydrogens is 342 g/mol. The van der Waals surface area contributed by atoms with Gasteiger partial charge in [-0.05, 0) is 32.9 Å². The van der Waals surface area contributed by atoms with Crippen LogP contribution in [0.5, 0.6) is 0 Å². The van der Waals surface area contributed by atoms with Crippen LogP contribution in [0, 0.1) is 0 Å². The summed E-state index contributed by atoms with van der Waals surface area (Å²) in [5.41, 5.74) is 0. The number of nitrogens with one attached hydrogen (secondary N) is 1. The standard InChI is InChI=1S/C24H51N.C2H6O/c1-3-5-7-9-11-13-15-17-19-21-23-25-24-22-20-18-16-14-12-10-8-6-4-2;1-2-3/h25H,3-24H2,1-2H3;3H,2H2,1H3. The zero-order valence-corrected chi connectivity index (χ0v) is 20.2. The van der Waals surface area contributed by atoms with Crippen LogP contribution in [0.25, 0.3) is 0 Å². The van der Waals surface area contributed by atoms with Crippen LogP contribution in [0.3, 0.4) is 0 Å². The Hall–Kier alpha value is -0.0800. The second-order valence-electron chi connectivity index (χ2n) is 8.43. The Bertz CT molecular complexity index is 210. The predicted molar refractivity (Wildman–Crippen MR) is 129 cm³/mol. The van der Waals surface area contributed by atoms with E-state index in [4.69, 9.17) is 5.11 Å². The van der Waals surface area contributed by atoms with Crippen LogP contribution in [0.2, 0.25) is 0 Å². The van der Waals surface area contributed by atoms with E-state index < -0.39 is 0 Å². The monoisotopic (exact) mass is 399 g/mol. The molecule has 2 heteroatoms. The highest BCUT2D eigenvalue weighted by Gasteiger charge is 1.94. The van der Waals surface area contributed by atoms with Crippen molar-refractivity contribution < 1.29 is 5.11 Å². The topological polar surface area (TPSA) is 32.3 Å². The minimum Gasteiger partial charge on any atom is -0.397 e. The van der Waals surface area contributed by atoms with Crippen LogP contribution in [0.4, 0.5) is 0 Å². The molecule has 0 rings (SSSR count). The molecule has 0 atom stereocenters. The predicted octanol–water partition coefficient (Wildman–Crippen LogP) is 8.42. The molecule has 0 aromatic rings. The van der Waals surface area contributed by atoms with Crippen molar-refractivity contribution in [2.24, 2.45) is 0 Å². The van der Waals surface area contributed by atoms with E-state index >= 15 is 0 Å². The van der Waals surface area contributed by atoms with E-state index in [9.17, 15) is 0 Å². The quantitative estimate of drug-likeness (QED) is 0.179. The van der Waals surface area contributed by atoms with Gasteiger partial charge in [-0.1, -0.05) is 129 Å². The van der Waals surface area contributed by atoms with Gasteiger partial charge < -0.3 is 10.4 Å². The van der Waals surface area contributed by atoms with Gasteiger partial charge in [-0.15, -0.1) is 0 Å². The van der Waals surface area contributed by atoms with Crippen LogP contribution in [0.15, 0.2) is 0 Å². The minimum absolute atomic E-state index is 0.250. The number of hydrogen-bond donors (Lipinski definition) is 2. The van der Waals surface area contributed by atoms with Gasteiger partial charge in [0.2, 0.25) is 0 Å². The normalized spacial score (nSPS) is 10.7. The molecule has 0 aliphatic rings. The Balaban J connectivity index is 0. The van der Waals surface area contributed by atoms with Crippen molar-refractivity contribution >= 4 is 0 Å². The van der Waals surface area contributed by atoms with Crippen molar-refractivity contribution in [3.63, 3.8) is 0 Å². The molecule has 0 amide bonds. The summed E-state index contributed by atoms with van der Waals surface area (Å²) in [6.45, 7) is 9.01. The first-order chi connectivity index (χ1) is 13.8. The van der Waals surface area contributed by atoms with Gasteiger partial charge in [0.15, 0.2) is 0 Å². The molecule has 0 fully saturated rings. The lowest BCUT2D eigenvalue weighted by Crippen LogP contribution is -2.16. The highest BCUT2D eigenvalue weighted by Crippen LogP contribution is 2.11. The summed E-state index contributed by atoms with van der Waals surface area (Å²) < 4.78 is 0. The molecule has 2 N–H and O–H groups in total. The van der Waals surface area contributed by atoms with E-state index in [-0.39, 0.29) is 6.61 Å². The molecule has 2 nitrogen and oxygen atoms in total. The van der Waals surface area contributed by atoms with Crippen LogP contribution >= 0.6 is 0 Å². The molecule has 172 valence electrons. The first-order valence-corrected chi connectivity index (χ1v) is 13.1. The lowest BCUT2D eigenvalue weighted by molar-refractivity contribution is 0.318. The Labute approximate surface area is 179 Å². The molecule has 0 saturated heterocycles. The van der Waals surface area contributed by atoms with Crippen molar-refractivity contribution in [2.45, 2.75) is 149 Å². The summed E-state index contributed by atoms with van der Waals surface area (Å²) in [6, 6.07) is 0. The fourth-order valence-electron chi connectivity index (χ4n) is 3.60. The molecule has 0 unspecified atom stereocenters. The third kappa shape index (κ3) is 33.5. The summed E-state index contributed by atoms with van der Waals surface area (Å²) >= 11 is 0. The minimum atomic E-state index is 0.250. The number of hydrogen-bond acceptors (Lipinski definition) is 2. The summed E-state index contributed by atoms with van der Waals surface area (Å²) in [6.07, 6.45) is 28.8. The van der Waals surface area contributed by atoms with E-state index in [2.05, 4.69) is 19.2 Å². The molecule has 0 radical (unpaired) electrons. The maximum absolute atomic E-state index is 7.57. The van der Waals surface area contributed by atoms with Gasteiger partial charge in [0.1, 0.15) is 0 Å². The van der Waals surface area contributed by atoms with Crippen molar-refractivity contribution in [3.05, 3.63) is 0 Å². The van der Waals surface area contributed by atoms with Gasteiger partial charge in [0, 0.05) is 6.61 Å². The highest BCUT2D eigenvalue weighted by molar-refractivity contribution is 4.53. The average Bonchev–Trinajstić information content (AvgIpc) is 2.70.